The first-order valence-electron chi connectivity index (χ1n) is 7.81. The van der Waals surface area contributed by atoms with Crippen LogP contribution in [0.4, 0.5) is 5.69 Å². The summed E-state index contributed by atoms with van der Waals surface area (Å²) in [4.78, 5) is 29.7. The van der Waals surface area contributed by atoms with E-state index in [9.17, 15) is 9.59 Å². The molecular formula is C16H21ClN4O2S. The third kappa shape index (κ3) is 5.14. The molecule has 1 saturated carbocycles. The maximum absolute atomic E-state index is 12.1. The second-order valence-electron chi connectivity index (χ2n) is 6.08. The van der Waals surface area contributed by atoms with Gasteiger partial charge in [0.15, 0.2) is 4.99 Å². The summed E-state index contributed by atoms with van der Waals surface area (Å²) >= 11 is 10.9. The maximum atomic E-state index is 12.1. The van der Waals surface area contributed by atoms with Crippen LogP contribution in [0.15, 0.2) is 18.3 Å². The third-order valence-corrected chi connectivity index (χ3v) is 4.57. The first kappa shape index (κ1) is 18.6. The highest BCUT2D eigenvalue weighted by Crippen LogP contribution is 2.25. The zero-order chi connectivity index (χ0) is 17.7. The van der Waals surface area contributed by atoms with Crippen molar-refractivity contribution in [2.24, 2.45) is 5.92 Å². The minimum absolute atomic E-state index is 0.0700. The molecule has 2 amide bonds. The highest BCUT2D eigenvalue weighted by molar-refractivity contribution is 7.82. The zero-order valence-electron chi connectivity index (χ0n) is 13.7. The third-order valence-electron chi connectivity index (χ3n) is 4.04. The van der Waals surface area contributed by atoms with Gasteiger partial charge in [0.25, 0.3) is 5.91 Å². The Morgan fingerprint density at radius 1 is 1.25 bits per heavy atom. The Morgan fingerprint density at radius 2 is 1.92 bits per heavy atom. The molecule has 0 bridgehead atoms. The number of thiocarbonyl (C=S) groups is 1. The number of rotatable bonds is 3. The van der Waals surface area contributed by atoms with Crippen LogP contribution in [0, 0.1) is 5.92 Å². The number of carbonyl (C=O) groups is 2. The molecular weight excluding hydrogens is 348 g/mol. The second-order valence-corrected chi connectivity index (χ2v) is 6.87. The zero-order valence-corrected chi connectivity index (χ0v) is 15.3. The molecule has 0 aromatic carbocycles. The topological polar surface area (TPSA) is 74.3 Å². The molecule has 0 aliphatic heterocycles. The molecule has 8 heteroatoms. The van der Waals surface area contributed by atoms with Crippen LogP contribution >= 0.6 is 23.8 Å². The Kier molecular flexibility index (Phi) is 6.51. The molecule has 0 unspecified atom stereocenters. The van der Waals surface area contributed by atoms with Crippen molar-refractivity contribution in [3.8, 4) is 0 Å². The average molecular weight is 369 g/mol. The van der Waals surface area contributed by atoms with E-state index >= 15 is 0 Å². The minimum atomic E-state index is -0.374. The average Bonchev–Trinajstić information content (AvgIpc) is 2.56. The van der Waals surface area contributed by atoms with Gasteiger partial charge in [-0.15, -0.1) is 0 Å². The first-order valence-corrected chi connectivity index (χ1v) is 8.60. The molecule has 2 N–H and O–H groups in total. The number of halogens is 1. The highest BCUT2D eigenvalue weighted by Gasteiger charge is 2.28. The lowest BCUT2D eigenvalue weighted by molar-refractivity contribution is -0.134. The number of pyridine rings is 1. The van der Waals surface area contributed by atoms with Gasteiger partial charge in [0.2, 0.25) is 5.91 Å². The second kappa shape index (κ2) is 8.39. The molecule has 1 aliphatic carbocycles. The fourth-order valence-electron chi connectivity index (χ4n) is 2.74. The van der Waals surface area contributed by atoms with Gasteiger partial charge in [0.05, 0.1) is 11.9 Å². The van der Waals surface area contributed by atoms with Gasteiger partial charge in [0, 0.05) is 26.1 Å². The van der Waals surface area contributed by atoms with Crippen molar-refractivity contribution in [2.75, 3.05) is 19.4 Å². The fraction of sp³-hybridized carbons (Fsp3) is 0.500. The number of hydrogen-bond acceptors (Lipinski definition) is 4. The van der Waals surface area contributed by atoms with Gasteiger partial charge in [-0.3, -0.25) is 9.59 Å². The number of carbonyl (C=O) groups excluding carboxylic acids is 2. The van der Waals surface area contributed by atoms with Crippen LogP contribution in [-0.2, 0) is 9.59 Å². The first-order chi connectivity index (χ1) is 11.4. The van der Waals surface area contributed by atoms with Gasteiger partial charge < -0.3 is 15.5 Å². The van der Waals surface area contributed by atoms with Gasteiger partial charge in [-0.2, -0.15) is 0 Å². The summed E-state index contributed by atoms with van der Waals surface area (Å²) in [7, 11) is 3.55. The molecule has 0 saturated heterocycles. The summed E-state index contributed by atoms with van der Waals surface area (Å²) in [6.45, 7) is 0. The summed E-state index contributed by atoms with van der Waals surface area (Å²) in [5, 5.41) is 6.12. The van der Waals surface area contributed by atoms with Crippen LogP contribution in [0.3, 0.4) is 0 Å². The Balaban J connectivity index is 1.79. The highest BCUT2D eigenvalue weighted by atomic mass is 35.5. The Bertz CT molecular complexity index is 613. The summed E-state index contributed by atoms with van der Waals surface area (Å²) in [5.74, 6) is -0.134. The Morgan fingerprint density at radius 3 is 2.46 bits per heavy atom. The molecule has 0 spiro atoms. The van der Waals surface area contributed by atoms with E-state index in [1.165, 1.54) is 6.20 Å². The number of hydrogen-bond donors (Lipinski definition) is 2. The summed E-state index contributed by atoms with van der Waals surface area (Å²) in [5.41, 5.74) is 0.536. The molecule has 1 fully saturated rings. The quantitative estimate of drug-likeness (QED) is 0.632. The van der Waals surface area contributed by atoms with E-state index in [-0.39, 0.29) is 28.8 Å². The van der Waals surface area contributed by atoms with Crippen molar-refractivity contribution in [2.45, 2.75) is 31.7 Å². The lowest BCUT2D eigenvalue weighted by atomic mass is 9.85. The number of amides is 2. The Hall–Kier alpha value is -1.73. The van der Waals surface area contributed by atoms with E-state index in [1.807, 2.05) is 0 Å². The number of aromatic nitrogens is 1. The summed E-state index contributed by atoms with van der Waals surface area (Å²) < 4.78 is 0. The van der Waals surface area contributed by atoms with E-state index in [4.69, 9.17) is 23.8 Å². The molecule has 6 nitrogen and oxygen atoms in total. The molecule has 1 heterocycles. The van der Waals surface area contributed by atoms with Crippen molar-refractivity contribution in [1.82, 2.24) is 15.2 Å². The molecule has 0 atom stereocenters. The smallest absolute Gasteiger partial charge is 0.283 e. The summed E-state index contributed by atoms with van der Waals surface area (Å²) in [6.07, 6.45) is 4.72. The van der Waals surface area contributed by atoms with E-state index in [2.05, 4.69) is 15.6 Å². The van der Waals surface area contributed by atoms with Crippen LogP contribution in [0.2, 0.25) is 5.15 Å². The SMILES string of the molecule is CN(C)C(=O)C1CCC(NC(=S)C(=O)Nc2ccc(Cl)nc2)CC1. The molecule has 1 aliphatic rings. The Labute approximate surface area is 152 Å². The monoisotopic (exact) mass is 368 g/mol. The lowest BCUT2D eigenvalue weighted by Crippen LogP contribution is -2.43. The summed E-state index contributed by atoms with van der Waals surface area (Å²) in [6, 6.07) is 3.38. The minimum Gasteiger partial charge on any atom is -0.369 e. The molecule has 24 heavy (non-hydrogen) atoms. The lowest BCUT2D eigenvalue weighted by Gasteiger charge is -2.30. The van der Waals surface area contributed by atoms with Crippen molar-refractivity contribution in [3.63, 3.8) is 0 Å². The number of anilines is 1. The van der Waals surface area contributed by atoms with Crippen molar-refractivity contribution in [1.29, 1.82) is 0 Å². The van der Waals surface area contributed by atoms with Gasteiger partial charge in [-0.1, -0.05) is 23.8 Å². The maximum Gasteiger partial charge on any atom is 0.283 e. The predicted molar refractivity (Wildman–Crippen MR) is 98.1 cm³/mol. The molecule has 130 valence electrons. The molecule has 2 rings (SSSR count). The van der Waals surface area contributed by atoms with Crippen molar-refractivity contribution >= 4 is 46.3 Å². The van der Waals surface area contributed by atoms with E-state index in [0.29, 0.717) is 10.8 Å². The molecule has 0 radical (unpaired) electrons. The van der Waals surface area contributed by atoms with Crippen molar-refractivity contribution < 1.29 is 9.59 Å². The van der Waals surface area contributed by atoms with E-state index in [0.717, 1.165) is 25.7 Å². The van der Waals surface area contributed by atoms with Crippen LogP contribution < -0.4 is 10.6 Å². The molecule has 1 aromatic rings. The van der Waals surface area contributed by atoms with Crippen LogP contribution in [0.5, 0.6) is 0 Å². The van der Waals surface area contributed by atoms with E-state index in [1.54, 1.807) is 31.1 Å². The fourth-order valence-corrected chi connectivity index (χ4v) is 3.07. The van der Waals surface area contributed by atoms with Gasteiger partial charge in [-0.05, 0) is 37.8 Å². The largest absolute Gasteiger partial charge is 0.369 e. The van der Waals surface area contributed by atoms with Gasteiger partial charge in [-0.25, -0.2) is 4.98 Å². The van der Waals surface area contributed by atoms with Crippen LogP contribution in [-0.4, -0.2) is 46.8 Å². The normalized spacial score (nSPS) is 20.1. The predicted octanol–water partition coefficient (Wildman–Crippen LogP) is 2.24. The molecule has 1 aromatic heterocycles. The van der Waals surface area contributed by atoms with Crippen LogP contribution in [0.25, 0.3) is 0 Å². The van der Waals surface area contributed by atoms with Crippen molar-refractivity contribution in [3.05, 3.63) is 23.5 Å². The van der Waals surface area contributed by atoms with Crippen LogP contribution in [0.1, 0.15) is 25.7 Å². The number of nitrogens with one attached hydrogen (secondary N) is 2. The van der Waals surface area contributed by atoms with Gasteiger partial charge >= 0.3 is 0 Å². The van der Waals surface area contributed by atoms with Gasteiger partial charge in [0.1, 0.15) is 5.15 Å². The number of nitrogens with zero attached hydrogens (tertiary/aromatic N) is 2. The standard InChI is InChI=1S/C16H21ClN4O2S/c1-21(2)16(23)10-3-5-11(6-4-10)20-15(24)14(22)19-12-7-8-13(17)18-9-12/h7-11H,3-6H2,1-2H3,(H,19,22)(H,20,24). The van der Waals surface area contributed by atoms with E-state index < -0.39 is 0 Å².